The van der Waals surface area contributed by atoms with E-state index >= 15 is 0 Å². The molecule has 0 fully saturated rings. The molecule has 0 saturated heterocycles. The highest BCUT2D eigenvalue weighted by Gasteiger charge is 2.40. The predicted molar refractivity (Wildman–Crippen MR) is 110 cm³/mol. The molecule has 1 aromatic carbocycles. The summed E-state index contributed by atoms with van der Waals surface area (Å²) in [7, 11) is 2.01. The van der Waals surface area contributed by atoms with Crippen LogP contribution in [0.5, 0.6) is 5.75 Å². The van der Waals surface area contributed by atoms with Gasteiger partial charge < -0.3 is 19.9 Å². The van der Waals surface area contributed by atoms with Crippen LogP contribution in [0.25, 0.3) is 0 Å². The van der Waals surface area contributed by atoms with E-state index < -0.39 is 44.9 Å². The van der Waals surface area contributed by atoms with Crippen molar-refractivity contribution >= 4 is 33.7 Å². The van der Waals surface area contributed by atoms with E-state index in [1.54, 1.807) is 55.4 Å². The topological polar surface area (TPSA) is 119 Å². The van der Waals surface area contributed by atoms with E-state index in [9.17, 15) is 24.3 Å². The van der Waals surface area contributed by atoms with Crippen molar-refractivity contribution in [3.05, 3.63) is 20.4 Å². The minimum absolute atomic E-state index is 0.0159. The molecule has 0 aliphatic heterocycles. The van der Waals surface area contributed by atoms with Gasteiger partial charge in [-0.1, -0.05) is 10.8 Å². The first kappa shape index (κ1) is 24.4. The second kappa shape index (κ2) is 8.36. The molecule has 0 aromatic heterocycles. The van der Waals surface area contributed by atoms with Gasteiger partial charge in [-0.25, -0.2) is 9.59 Å². The summed E-state index contributed by atoms with van der Waals surface area (Å²) in [6.07, 6.45) is -0.857. The van der Waals surface area contributed by atoms with Crippen molar-refractivity contribution in [1.82, 2.24) is 5.32 Å². The molecule has 1 rings (SSSR count). The van der Waals surface area contributed by atoms with Crippen LogP contribution in [0.3, 0.4) is 0 Å². The quantitative estimate of drug-likeness (QED) is 0.494. The minimum Gasteiger partial charge on any atom is -0.483 e. The van der Waals surface area contributed by atoms with Crippen molar-refractivity contribution in [3.8, 4) is 5.75 Å². The van der Waals surface area contributed by atoms with Crippen LogP contribution >= 0.6 is 21.6 Å². The number of aliphatic carboxylic acids is 1. The van der Waals surface area contributed by atoms with Crippen molar-refractivity contribution < 1.29 is 24.2 Å². The Morgan fingerprint density at radius 3 is 1.93 bits per heavy atom. The SMILES string of the molecule is CC(C)(C)OC(=O)N[C@H](C(=O)O)C(C)(C)SSc1c(OC(C)(C)C)c(=O)c1=O. The Hall–Kier alpha value is -1.68. The molecule has 1 amide bonds. The summed E-state index contributed by atoms with van der Waals surface area (Å²) >= 11 is 0. The molecule has 0 spiro atoms. The maximum Gasteiger partial charge on any atom is 0.408 e. The van der Waals surface area contributed by atoms with E-state index in [1.807, 2.05) is 0 Å². The zero-order valence-electron chi connectivity index (χ0n) is 17.3. The maximum atomic E-state index is 12.0. The fourth-order valence-electron chi connectivity index (χ4n) is 1.98. The molecule has 0 saturated carbocycles. The summed E-state index contributed by atoms with van der Waals surface area (Å²) in [4.78, 5) is 47.5. The van der Waals surface area contributed by atoms with E-state index in [0.717, 1.165) is 21.6 Å². The summed E-state index contributed by atoms with van der Waals surface area (Å²) in [5, 5.41) is 11.9. The highest BCUT2D eigenvalue weighted by Crippen LogP contribution is 2.44. The van der Waals surface area contributed by atoms with Gasteiger partial charge in [0.1, 0.15) is 22.1 Å². The normalized spacial score (nSPS) is 13.9. The van der Waals surface area contributed by atoms with Crippen molar-refractivity contribution in [1.29, 1.82) is 0 Å². The van der Waals surface area contributed by atoms with Gasteiger partial charge in [0.15, 0.2) is 5.75 Å². The van der Waals surface area contributed by atoms with Gasteiger partial charge in [-0.15, -0.1) is 0 Å². The van der Waals surface area contributed by atoms with Gasteiger partial charge in [0.2, 0.25) is 5.43 Å². The van der Waals surface area contributed by atoms with Crippen LogP contribution in [-0.4, -0.2) is 39.2 Å². The molecule has 0 aliphatic carbocycles. The number of rotatable bonds is 7. The monoisotopic (exact) mass is 433 g/mol. The summed E-state index contributed by atoms with van der Waals surface area (Å²) in [6.45, 7) is 13.5. The second-order valence-electron chi connectivity index (χ2n) is 8.72. The lowest BCUT2D eigenvalue weighted by Gasteiger charge is -2.32. The molecule has 158 valence electrons. The number of nitrogens with one attached hydrogen (secondary N) is 1. The molecular formula is C18H27NO7S2. The van der Waals surface area contributed by atoms with Crippen molar-refractivity contribution in [2.45, 2.75) is 82.3 Å². The molecule has 28 heavy (non-hydrogen) atoms. The van der Waals surface area contributed by atoms with Gasteiger partial charge in [-0.2, -0.15) is 0 Å². The van der Waals surface area contributed by atoms with Crippen LogP contribution in [0.1, 0.15) is 55.4 Å². The molecule has 0 unspecified atom stereocenters. The lowest BCUT2D eigenvalue weighted by atomic mass is 10.0. The fraction of sp³-hybridized carbons (Fsp3) is 0.667. The lowest BCUT2D eigenvalue weighted by Crippen LogP contribution is -2.53. The van der Waals surface area contributed by atoms with E-state index in [4.69, 9.17) is 9.47 Å². The van der Waals surface area contributed by atoms with Crippen molar-refractivity contribution in [2.24, 2.45) is 0 Å². The van der Waals surface area contributed by atoms with Crippen LogP contribution in [0.15, 0.2) is 14.5 Å². The van der Waals surface area contributed by atoms with Gasteiger partial charge in [0.25, 0.3) is 5.43 Å². The Morgan fingerprint density at radius 1 is 0.964 bits per heavy atom. The molecular weight excluding hydrogens is 406 g/mol. The molecule has 10 heteroatoms. The van der Waals surface area contributed by atoms with Gasteiger partial charge in [0, 0.05) is 0 Å². The smallest absolute Gasteiger partial charge is 0.408 e. The fourth-order valence-corrected chi connectivity index (χ4v) is 4.55. The number of amides is 1. The zero-order valence-corrected chi connectivity index (χ0v) is 18.9. The maximum absolute atomic E-state index is 12.0. The highest BCUT2D eigenvalue weighted by molar-refractivity contribution is 8.77. The number of hydrogen-bond donors (Lipinski definition) is 2. The van der Waals surface area contributed by atoms with Gasteiger partial charge in [-0.05, 0) is 66.2 Å². The third kappa shape index (κ3) is 6.73. The van der Waals surface area contributed by atoms with Crippen LogP contribution in [0.2, 0.25) is 0 Å². The van der Waals surface area contributed by atoms with Gasteiger partial charge in [0.05, 0.1) is 4.75 Å². The Bertz CT molecular complexity index is 811. The standard InChI is InChI=1S/C18H27NO7S2/c1-16(2,3)25-11-9(20)10(21)12(11)27-28-18(7,8)13(14(22)23)19-15(24)26-17(4,5)6/h13H,1-8H3,(H,19,24)(H,22,23)/t13-/m1/s1. The number of alkyl carbamates (subject to hydrolysis) is 1. The number of carboxylic acids is 1. The molecule has 0 aliphatic rings. The first-order valence-corrected chi connectivity index (χ1v) is 10.7. The molecule has 1 aromatic rings. The predicted octanol–water partition coefficient (Wildman–Crippen LogP) is 2.96. The Labute approximate surface area is 171 Å². The van der Waals surface area contributed by atoms with E-state index in [2.05, 4.69) is 5.32 Å². The highest BCUT2D eigenvalue weighted by atomic mass is 33.1. The van der Waals surface area contributed by atoms with Gasteiger partial charge >= 0.3 is 12.1 Å². The summed E-state index contributed by atoms with van der Waals surface area (Å²) in [6, 6.07) is -1.29. The van der Waals surface area contributed by atoms with Gasteiger partial charge in [-0.3, -0.25) is 9.59 Å². The summed E-state index contributed by atoms with van der Waals surface area (Å²) in [5.74, 6) is -1.27. The zero-order chi connectivity index (χ0) is 22.1. The summed E-state index contributed by atoms with van der Waals surface area (Å²) < 4.78 is 9.61. The average molecular weight is 434 g/mol. The Kier molecular flexibility index (Phi) is 7.27. The largest absolute Gasteiger partial charge is 0.483 e. The first-order valence-electron chi connectivity index (χ1n) is 8.55. The average Bonchev–Trinajstić information content (AvgIpc) is 2.47. The number of hydrogen-bond acceptors (Lipinski definition) is 8. The minimum atomic E-state index is -1.29. The molecule has 0 bridgehead atoms. The number of carbonyl (C=O) groups is 2. The Balaban J connectivity index is 2.93. The Morgan fingerprint density at radius 2 is 1.50 bits per heavy atom. The third-order valence-corrected chi connectivity index (χ3v) is 6.50. The van der Waals surface area contributed by atoms with Crippen LogP contribution in [0, 0.1) is 0 Å². The van der Waals surface area contributed by atoms with Crippen molar-refractivity contribution in [2.75, 3.05) is 0 Å². The van der Waals surface area contributed by atoms with Crippen LogP contribution < -0.4 is 20.9 Å². The second-order valence-corrected chi connectivity index (χ2v) is 11.5. The molecule has 0 heterocycles. The number of ether oxygens (including phenoxy) is 2. The number of carbonyl (C=O) groups excluding carboxylic acids is 1. The van der Waals surface area contributed by atoms with E-state index in [1.165, 1.54) is 0 Å². The number of carboxylic acid groups (broad SMARTS) is 1. The molecule has 2 N–H and O–H groups in total. The lowest BCUT2D eigenvalue weighted by molar-refractivity contribution is -0.140. The molecule has 8 nitrogen and oxygen atoms in total. The van der Waals surface area contributed by atoms with Crippen molar-refractivity contribution in [3.63, 3.8) is 0 Å². The van der Waals surface area contributed by atoms with Crippen LogP contribution in [0.4, 0.5) is 4.79 Å². The third-order valence-electron chi connectivity index (χ3n) is 3.18. The molecule has 1 atom stereocenters. The molecule has 0 radical (unpaired) electrons. The first-order chi connectivity index (χ1) is 12.4. The van der Waals surface area contributed by atoms with Crippen LogP contribution in [-0.2, 0) is 9.53 Å². The van der Waals surface area contributed by atoms with E-state index in [0.29, 0.717) is 0 Å². The van der Waals surface area contributed by atoms with E-state index in [-0.39, 0.29) is 10.6 Å². The summed E-state index contributed by atoms with van der Waals surface area (Å²) in [5.41, 5.74) is -2.79.